The van der Waals surface area contributed by atoms with E-state index in [9.17, 15) is 0 Å². The van der Waals surface area contributed by atoms with Crippen molar-refractivity contribution in [2.24, 2.45) is 5.90 Å². The fourth-order valence-electron chi connectivity index (χ4n) is 1.07. The van der Waals surface area contributed by atoms with Gasteiger partial charge in [0.25, 0.3) is 0 Å². The van der Waals surface area contributed by atoms with Gasteiger partial charge in [-0.15, -0.1) is 0 Å². The van der Waals surface area contributed by atoms with Crippen LogP contribution in [0.15, 0.2) is 18.2 Å². The molecule has 1 rings (SSSR count). The molecule has 0 aliphatic heterocycles. The zero-order chi connectivity index (χ0) is 9.68. The van der Waals surface area contributed by atoms with Gasteiger partial charge in [-0.3, -0.25) is 4.84 Å². The standard InChI is InChI=1S/C9H13NO3/c1-11-8-4-3-7(6-13-10)5-9(8)12-2/h3-5H,6,10H2,1-2H3. The molecule has 1 aromatic carbocycles. The Kier molecular flexibility index (Phi) is 3.54. The molecule has 0 saturated carbocycles. The highest BCUT2D eigenvalue weighted by Crippen LogP contribution is 2.27. The molecule has 0 unspecified atom stereocenters. The van der Waals surface area contributed by atoms with E-state index in [-0.39, 0.29) is 0 Å². The minimum Gasteiger partial charge on any atom is -0.493 e. The largest absolute Gasteiger partial charge is 0.493 e. The highest BCUT2D eigenvalue weighted by molar-refractivity contribution is 5.42. The molecule has 0 saturated heterocycles. The van der Waals surface area contributed by atoms with Crippen molar-refractivity contribution < 1.29 is 14.3 Å². The molecule has 72 valence electrons. The molecule has 4 nitrogen and oxygen atoms in total. The van der Waals surface area contributed by atoms with E-state index in [1.54, 1.807) is 14.2 Å². The highest BCUT2D eigenvalue weighted by atomic mass is 16.6. The molecule has 0 fully saturated rings. The van der Waals surface area contributed by atoms with Crippen molar-refractivity contribution in [1.82, 2.24) is 0 Å². The van der Waals surface area contributed by atoms with Gasteiger partial charge in [0.1, 0.15) is 0 Å². The quantitative estimate of drug-likeness (QED) is 0.710. The number of benzene rings is 1. The van der Waals surface area contributed by atoms with Crippen LogP contribution in [0.5, 0.6) is 11.5 Å². The van der Waals surface area contributed by atoms with Crippen LogP contribution in [0.1, 0.15) is 5.56 Å². The summed E-state index contributed by atoms with van der Waals surface area (Å²) in [5, 5.41) is 0. The van der Waals surface area contributed by atoms with E-state index in [0.717, 1.165) is 5.56 Å². The second-order valence-corrected chi connectivity index (χ2v) is 2.50. The van der Waals surface area contributed by atoms with E-state index in [1.165, 1.54) is 0 Å². The second-order valence-electron chi connectivity index (χ2n) is 2.50. The molecule has 2 N–H and O–H groups in total. The van der Waals surface area contributed by atoms with E-state index in [1.807, 2.05) is 18.2 Å². The molecule has 0 atom stereocenters. The first-order valence-corrected chi connectivity index (χ1v) is 3.84. The first-order valence-electron chi connectivity index (χ1n) is 3.84. The fraction of sp³-hybridized carbons (Fsp3) is 0.333. The first kappa shape index (κ1) is 9.83. The van der Waals surface area contributed by atoms with Crippen LogP contribution in [0.3, 0.4) is 0 Å². The predicted molar refractivity (Wildman–Crippen MR) is 48.5 cm³/mol. The van der Waals surface area contributed by atoms with Crippen LogP contribution >= 0.6 is 0 Å². The zero-order valence-electron chi connectivity index (χ0n) is 7.74. The van der Waals surface area contributed by atoms with Crippen molar-refractivity contribution >= 4 is 0 Å². The fourth-order valence-corrected chi connectivity index (χ4v) is 1.07. The summed E-state index contributed by atoms with van der Waals surface area (Å²) in [5.41, 5.74) is 0.945. The molecule has 4 heteroatoms. The van der Waals surface area contributed by atoms with Gasteiger partial charge in [0.2, 0.25) is 0 Å². The van der Waals surface area contributed by atoms with Gasteiger partial charge in [-0.25, -0.2) is 5.90 Å². The van der Waals surface area contributed by atoms with Crippen LogP contribution in [-0.2, 0) is 11.4 Å². The molecule has 0 bridgehead atoms. The summed E-state index contributed by atoms with van der Waals surface area (Å²) in [6, 6.07) is 5.51. The maximum atomic E-state index is 5.10. The van der Waals surface area contributed by atoms with Crippen molar-refractivity contribution in [2.45, 2.75) is 6.61 Å². The molecule has 0 heterocycles. The normalized spacial score (nSPS) is 9.77. The van der Waals surface area contributed by atoms with Gasteiger partial charge in [0.05, 0.1) is 20.8 Å². The van der Waals surface area contributed by atoms with Crippen LogP contribution in [0.2, 0.25) is 0 Å². The minimum absolute atomic E-state index is 0.361. The van der Waals surface area contributed by atoms with Crippen LogP contribution < -0.4 is 15.4 Å². The SMILES string of the molecule is COc1ccc(CON)cc1OC. The monoisotopic (exact) mass is 183 g/mol. The van der Waals surface area contributed by atoms with E-state index in [4.69, 9.17) is 15.4 Å². The molecule has 0 aromatic heterocycles. The molecular weight excluding hydrogens is 170 g/mol. The summed E-state index contributed by atoms with van der Waals surface area (Å²) in [7, 11) is 3.18. The molecule has 0 spiro atoms. The van der Waals surface area contributed by atoms with Gasteiger partial charge in [-0.05, 0) is 17.7 Å². The Morgan fingerprint density at radius 1 is 1.15 bits per heavy atom. The lowest BCUT2D eigenvalue weighted by molar-refractivity contribution is 0.124. The maximum absolute atomic E-state index is 5.10. The van der Waals surface area contributed by atoms with E-state index >= 15 is 0 Å². The Morgan fingerprint density at radius 3 is 2.38 bits per heavy atom. The van der Waals surface area contributed by atoms with Crippen molar-refractivity contribution in [3.05, 3.63) is 23.8 Å². The second kappa shape index (κ2) is 4.69. The summed E-state index contributed by atoms with van der Waals surface area (Å²) in [6.45, 7) is 0.361. The number of hydrogen-bond donors (Lipinski definition) is 1. The maximum Gasteiger partial charge on any atom is 0.161 e. The molecule has 0 amide bonds. The van der Waals surface area contributed by atoms with Gasteiger partial charge >= 0.3 is 0 Å². The zero-order valence-corrected chi connectivity index (χ0v) is 7.74. The van der Waals surface area contributed by atoms with Crippen molar-refractivity contribution in [2.75, 3.05) is 14.2 Å². The molecule has 0 radical (unpaired) electrons. The molecule has 1 aromatic rings. The van der Waals surface area contributed by atoms with Crippen molar-refractivity contribution in [3.8, 4) is 11.5 Å². The third kappa shape index (κ3) is 2.34. The number of methoxy groups -OCH3 is 2. The van der Waals surface area contributed by atoms with E-state index in [2.05, 4.69) is 4.84 Å². The number of hydrogen-bond acceptors (Lipinski definition) is 4. The van der Waals surface area contributed by atoms with Crippen LogP contribution in [0.25, 0.3) is 0 Å². The molecule has 0 aliphatic carbocycles. The molecule has 0 aliphatic rings. The number of rotatable bonds is 4. The summed E-state index contributed by atoms with van der Waals surface area (Å²) < 4.78 is 10.2. The first-order chi connectivity index (χ1) is 6.31. The lowest BCUT2D eigenvalue weighted by Crippen LogP contribution is -1.99. The van der Waals surface area contributed by atoms with Crippen LogP contribution in [0.4, 0.5) is 0 Å². The van der Waals surface area contributed by atoms with E-state index < -0.39 is 0 Å². The Balaban J connectivity index is 2.91. The Labute approximate surface area is 77.2 Å². The highest BCUT2D eigenvalue weighted by Gasteiger charge is 2.03. The lowest BCUT2D eigenvalue weighted by atomic mass is 10.2. The minimum atomic E-state index is 0.361. The average molecular weight is 183 g/mol. The number of ether oxygens (including phenoxy) is 2. The Morgan fingerprint density at radius 2 is 1.85 bits per heavy atom. The van der Waals surface area contributed by atoms with Crippen LogP contribution in [0, 0.1) is 0 Å². The third-order valence-electron chi connectivity index (χ3n) is 1.70. The number of nitrogens with two attached hydrogens (primary N) is 1. The lowest BCUT2D eigenvalue weighted by Gasteiger charge is -2.08. The van der Waals surface area contributed by atoms with Crippen LogP contribution in [-0.4, -0.2) is 14.2 Å². The van der Waals surface area contributed by atoms with Gasteiger partial charge in [0.15, 0.2) is 11.5 Å². The summed E-state index contributed by atoms with van der Waals surface area (Å²) in [5.74, 6) is 6.33. The van der Waals surface area contributed by atoms with Gasteiger partial charge in [0, 0.05) is 0 Å². The van der Waals surface area contributed by atoms with Crippen molar-refractivity contribution in [1.29, 1.82) is 0 Å². The summed E-state index contributed by atoms with van der Waals surface area (Å²) in [6.07, 6.45) is 0. The van der Waals surface area contributed by atoms with Gasteiger partial charge in [-0.2, -0.15) is 0 Å². The Bertz CT molecular complexity index is 276. The molecule has 13 heavy (non-hydrogen) atoms. The summed E-state index contributed by atoms with van der Waals surface area (Å²) >= 11 is 0. The molecular formula is C9H13NO3. The van der Waals surface area contributed by atoms with E-state index in [0.29, 0.717) is 18.1 Å². The topological polar surface area (TPSA) is 53.7 Å². The summed E-state index contributed by atoms with van der Waals surface area (Å²) in [4.78, 5) is 4.50. The average Bonchev–Trinajstić information content (AvgIpc) is 2.18. The predicted octanol–water partition coefficient (Wildman–Crippen LogP) is 1.09. The van der Waals surface area contributed by atoms with Gasteiger partial charge < -0.3 is 9.47 Å². The Hall–Kier alpha value is -1.26. The third-order valence-corrected chi connectivity index (χ3v) is 1.70. The smallest absolute Gasteiger partial charge is 0.161 e. The van der Waals surface area contributed by atoms with Gasteiger partial charge in [-0.1, -0.05) is 6.07 Å². The van der Waals surface area contributed by atoms with Crippen molar-refractivity contribution in [3.63, 3.8) is 0 Å².